The van der Waals surface area contributed by atoms with Crippen LogP contribution < -0.4 is 9.62 Å². The van der Waals surface area contributed by atoms with E-state index in [4.69, 9.17) is 11.6 Å². The molecule has 1 amide bonds. The van der Waals surface area contributed by atoms with E-state index in [0.29, 0.717) is 23.0 Å². The number of benzene rings is 2. The van der Waals surface area contributed by atoms with Gasteiger partial charge in [-0.1, -0.05) is 35.4 Å². The molecule has 2 aromatic rings. The number of thioether (sulfide) groups is 1. The molecular weight excluding hydrogens is 404 g/mol. The van der Waals surface area contributed by atoms with Crippen molar-refractivity contribution in [2.24, 2.45) is 0 Å². The Balaban J connectivity index is 1.97. The van der Waals surface area contributed by atoms with Crippen molar-refractivity contribution in [1.29, 1.82) is 0 Å². The smallest absolute Gasteiger partial charge is 0.243 e. The van der Waals surface area contributed by atoms with Gasteiger partial charge in [-0.05, 0) is 44.2 Å². The highest BCUT2D eigenvalue weighted by Gasteiger charge is 2.29. The minimum Gasteiger partial charge on any atom is -0.353 e. The van der Waals surface area contributed by atoms with Crippen LogP contribution in [0.2, 0.25) is 5.02 Å². The first kappa shape index (κ1) is 21.6. The first-order chi connectivity index (χ1) is 12.7. The summed E-state index contributed by atoms with van der Waals surface area (Å²) < 4.78 is 25.5. The zero-order valence-electron chi connectivity index (χ0n) is 15.5. The van der Waals surface area contributed by atoms with Gasteiger partial charge >= 0.3 is 0 Å². The molecule has 0 saturated heterocycles. The number of aryl methyl sites for hydroxylation is 1. The maximum atomic E-state index is 12.5. The lowest BCUT2D eigenvalue weighted by atomic mass is 10.2. The maximum absolute atomic E-state index is 12.5. The fourth-order valence-electron chi connectivity index (χ4n) is 2.55. The highest BCUT2D eigenvalue weighted by atomic mass is 35.5. The van der Waals surface area contributed by atoms with Gasteiger partial charge in [0.05, 0.1) is 11.9 Å². The van der Waals surface area contributed by atoms with Gasteiger partial charge in [0, 0.05) is 22.2 Å². The Morgan fingerprint density at radius 2 is 1.89 bits per heavy atom. The fourth-order valence-corrected chi connectivity index (χ4v) is 4.67. The Hall–Kier alpha value is -1.70. The number of halogens is 1. The molecule has 27 heavy (non-hydrogen) atoms. The number of sulfonamides is 1. The minimum absolute atomic E-state index is 0.357. The molecule has 2 aromatic carbocycles. The minimum atomic E-state index is -3.65. The normalized spacial score (nSPS) is 12.4. The molecule has 0 spiro atoms. The van der Waals surface area contributed by atoms with E-state index < -0.39 is 16.1 Å². The van der Waals surface area contributed by atoms with E-state index >= 15 is 0 Å². The topological polar surface area (TPSA) is 66.5 Å². The van der Waals surface area contributed by atoms with Gasteiger partial charge in [-0.3, -0.25) is 9.10 Å². The molecule has 5 nitrogen and oxygen atoms in total. The summed E-state index contributed by atoms with van der Waals surface area (Å²) >= 11 is 7.60. The van der Waals surface area contributed by atoms with Crippen molar-refractivity contribution in [3.63, 3.8) is 0 Å². The summed E-state index contributed by atoms with van der Waals surface area (Å²) in [5.41, 5.74) is 1.56. The van der Waals surface area contributed by atoms with E-state index in [9.17, 15) is 13.2 Å². The highest BCUT2D eigenvalue weighted by Crippen LogP contribution is 2.24. The van der Waals surface area contributed by atoms with Gasteiger partial charge in [0.1, 0.15) is 6.04 Å². The predicted octanol–water partition coefficient (Wildman–Crippen LogP) is 3.71. The molecule has 0 heterocycles. The first-order valence-electron chi connectivity index (χ1n) is 8.40. The summed E-state index contributed by atoms with van der Waals surface area (Å²) in [6, 6.07) is 13.7. The Kier molecular flexibility index (Phi) is 7.59. The second-order valence-corrected chi connectivity index (χ2v) is 9.63. The van der Waals surface area contributed by atoms with Crippen LogP contribution in [0.5, 0.6) is 0 Å². The maximum Gasteiger partial charge on any atom is 0.243 e. The summed E-state index contributed by atoms with van der Waals surface area (Å²) in [5.74, 6) is 0.335. The third-order valence-corrected chi connectivity index (χ3v) is 6.33. The number of rotatable bonds is 8. The summed E-state index contributed by atoms with van der Waals surface area (Å²) in [6.07, 6.45) is 1.07. The molecule has 0 unspecified atom stereocenters. The number of carbonyl (C=O) groups is 1. The van der Waals surface area contributed by atoms with Crippen LogP contribution in [0.3, 0.4) is 0 Å². The molecule has 146 valence electrons. The molecule has 8 heteroatoms. The lowest BCUT2D eigenvalue weighted by Gasteiger charge is -2.28. The fraction of sp³-hybridized carbons (Fsp3) is 0.316. The van der Waals surface area contributed by atoms with E-state index in [1.807, 2.05) is 31.2 Å². The van der Waals surface area contributed by atoms with E-state index in [2.05, 4.69) is 5.32 Å². The van der Waals surface area contributed by atoms with Crippen molar-refractivity contribution < 1.29 is 13.2 Å². The molecule has 2 rings (SSSR count). The summed E-state index contributed by atoms with van der Waals surface area (Å²) in [7, 11) is -3.65. The van der Waals surface area contributed by atoms with Crippen molar-refractivity contribution >= 4 is 45.0 Å². The van der Waals surface area contributed by atoms with Gasteiger partial charge in [-0.2, -0.15) is 0 Å². The van der Waals surface area contributed by atoms with E-state index in [-0.39, 0.29) is 5.91 Å². The Bertz CT molecular complexity index is 886. The first-order valence-corrected chi connectivity index (χ1v) is 11.6. The van der Waals surface area contributed by atoms with Crippen LogP contribution in [-0.4, -0.2) is 38.9 Å². The Labute approximate surface area is 170 Å². The third kappa shape index (κ3) is 6.45. The molecule has 1 N–H and O–H groups in total. The molecule has 0 aliphatic rings. The van der Waals surface area contributed by atoms with Gasteiger partial charge in [0.15, 0.2) is 0 Å². The lowest BCUT2D eigenvalue weighted by molar-refractivity contribution is -0.121. The summed E-state index contributed by atoms with van der Waals surface area (Å²) in [4.78, 5) is 13.6. The molecule has 0 aromatic heterocycles. The molecule has 0 bridgehead atoms. The molecule has 0 fully saturated rings. The van der Waals surface area contributed by atoms with Crippen molar-refractivity contribution in [2.45, 2.75) is 24.8 Å². The average Bonchev–Trinajstić information content (AvgIpc) is 2.59. The summed E-state index contributed by atoms with van der Waals surface area (Å²) in [6.45, 7) is 4.03. The number of nitrogens with zero attached hydrogens (tertiary/aromatic N) is 1. The molecule has 0 radical (unpaired) electrons. The number of hydrogen-bond acceptors (Lipinski definition) is 4. The van der Waals surface area contributed by atoms with Crippen LogP contribution in [0, 0.1) is 6.92 Å². The number of carbonyl (C=O) groups excluding carboxylic acids is 1. The molecule has 0 aliphatic carbocycles. The highest BCUT2D eigenvalue weighted by molar-refractivity contribution is 7.99. The third-order valence-electron chi connectivity index (χ3n) is 3.84. The van der Waals surface area contributed by atoms with Crippen molar-refractivity contribution in [3.05, 3.63) is 59.1 Å². The van der Waals surface area contributed by atoms with Crippen molar-refractivity contribution in [2.75, 3.05) is 22.9 Å². The van der Waals surface area contributed by atoms with Gasteiger partial charge in [-0.15, -0.1) is 11.8 Å². The lowest BCUT2D eigenvalue weighted by Crippen LogP contribution is -2.48. The zero-order chi connectivity index (χ0) is 20.0. The van der Waals surface area contributed by atoms with Gasteiger partial charge in [0.2, 0.25) is 15.9 Å². The standard InChI is InChI=1S/C19H23ClN2O3S2/c1-14-7-9-18(10-8-14)26-12-11-21-19(23)15(2)22(27(3,24)25)17-6-4-5-16(20)13-17/h4-10,13,15H,11-12H2,1-3H3,(H,21,23)/t15-/m1/s1. The van der Waals surface area contributed by atoms with Crippen molar-refractivity contribution in [1.82, 2.24) is 5.32 Å². The zero-order valence-corrected chi connectivity index (χ0v) is 17.9. The largest absolute Gasteiger partial charge is 0.353 e. The summed E-state index contributed by atoms with van der Waals surface area (Å²) in [5, 5.41) is 3.21. The molecular formula is C19H23ClN2O3S2. The van der Waals surface area contributed by atoms with E-state index in [0.717, 1.165) is 15.5 Å². The Morgan fingerprint density at radius 1 is 1.22 bits per heavy atom. The second-order valence-electron chi connectivity index (χ2n) is 6.17. The van der Waals surface area contributed by atoms with Crippen LogP contribution in [0.1, 0.15) is 12.5 Å². The predicted molar refractivity (Wildman–Crippen MR) is 113 cm³/mol. The quantitative estimate of drug-likeness (QED) is 0.516. The number of nitrogens with one attached hydrogen (secondary N) is 1. The van der Waals surface area contributed by atoms with Crippen LogP contribution >= 0.6 is 23.4 Å². The molecule has 0 saturated carbocycles. The Morgan fingerprint density at radius 3 is 2.48 bits per heavy atom. The van der Waals surface area contributed by atoms with Crippen LogP contribution in [0.25, 0.3) is 0 Å². The molecule has 1 atom stereocenters. The van der Waals surface area contributed by atoms with Gasteiger partial charge in [0.25, 0.3) is 0 Å². The monoisotopic (exact) mass is 426 g/mol. The van der Waals surface area contributed by atoms with Crippen LogP contribution in [0.15, 0.2) is 53.4 Å². The van der Waals surface area contributed by atoms with Crippen molar-refractivity contribution in [3.8, 4) is 0 Å². The van der Waals surface area contributed by atoms with Gasteiger partial charge < -0.3 is 5.32 Å². The van der Waals surface area contributed by atoms with E-state index in [1.54, 1.807) is 36.9 Å². The van der Waals surface area contributed by atoms with Gasteiger partial charge in [-0.25, -0.2) is 8.42 Å². The SMILES string of the molecule is Cc1ccc(SCCNC(=O)[C@@H](C)N(c2cccc(Cl)c2)S(C)(=O)=O)cc1. The molecule has 0 aliphatic heterocycles. The number of anilines is 1. The van der Waals surface area contributed by atoms with Crippen LogP contribution in [-0.2, 0) is 14.8 Å². The second kappa shape index (κ2) is 9.48. The number of hydrogen-bond donors (Lipinski definition) is 1. The van der Waals surface area contributed by atoms with E-state index in [1.165, 1.54) is 11.6 Å². The van der Waals surface area contributed by atoms with Crippen LogP contribution in [0.4, 0.5) is 5.69 Å². The average molecular weight is 427 g/mol. The number of amides is 1.